The summed E-state index contributed by atoms with van der Waals surface area (Å²) < 4.78 is 41.4. The van der Waals surface area contributed by atoms with Crippen molar-refractivity contribution in [2.24, 2.45) is 0 Å². The first-order valence-electron chi connectivity index (χ1n) is 6.13. The van der Waals surface area contributed by atoms with Gasteiger partial charge in [-0.15, -0.1) is 0 Å². The van der Waals surface area contributed by atoms with E-state index in [9.17, 15) is 12.8 Å². The maximum atomic E-state index is 13.4. The Morgan fingerprint density at radius 3 is 2.43 bits per heavy atom. The van der Waals surface area contributed by atoms with Crippen LogP contribution in [0.25, 0.3) is 0 Å². The first kappa shape index (κ1) is 15.9. The minimum absolute atomic E-state index is 0.258. The zero-order valence-corrected chi connectivity index (χ0v) is 13.6. The van der Waals surface area contributed by atoms with Gasteiger partial charge in [-0.1, -0.05) is 34.1 Å². The van der Waals surface area contributed by atoms with Crippen LogP contribution in [0.5, 0.6) is 0 Å². The van der Waals surface area contributed by atoms with E-state index < -0.39 is 21.9 Å². The third-order valence-corrected chi connectivity index (χ3v) is 5.13. The van der Waals surface area contributed by atoms with Gasteiger partial charge in [0.2, 0.25) is 10.0 Å². The predicted molar refractivity (Wildman–Crippen MR) is 83.7 cm³/mol. The molecular weight excluding hydrogens is 359 g/mol. The summed E-state index contributed by atoms with van der Waals surface area (Å²) in [6.07, 6.45) is 0. The van der Waals surface area contributed by atoms with Gasteiger partial charge in [0.1, 0.15) is 10.7 Å². The molecule has 0 radical (unpaired) electrons. The molecule has 0 heterocycles. The molecule has 0 amide bonds. The number of nitrogens with two attached hydrogens (primary N) is 1. The normalized spacial score (nSPS) is 13.1. The highest BCUT2D eigenvalue weighted by Crippen LogP contribution is 2.24. The molecule has 0 saturated heterocycles. The van der Waals surface area contributed by atoms with Crippen LogP contribution in [-0.2, 0) is 10.0 Å². The molecule has 0 aliphatic carbocycles. The van der Waals surface area contributed by atoms with Crippen LogP contribution in [0.3, 0.4) is 0 Å². The van der Waals surface area contributed by atoms with E-state index in [0.29, 0.717) is 0 Å². The summed E-state index contributed by atoms with van der Waals surface area (Å²) in [6, 6.07) is 10.5. The molecule has 112 valence electrons. The molecule has 0 saturated carbocycles. The lowest BCUT2D eigenvalue weighted by molar-refractivity contribution is 0.565. The fourth-order valence-corrected chi connectivity index (χ4v) is 3.50. The van der Waals surface area contributed by atoms with E-state index in [-0.39, 0.29) is 10.6 Å². The van der Waals surface area contributed by atoms with Crippen molar-refractivity contribution in [3.8, 4) is 0 Å². The molecule has 2 aromatic rings. The number of hydrogen-bond donors (Lipinski definition) is 2. The molecule has 4 nitrogen and oxygen atoms in total. The summed E-state index contributed by atoms with van der Waals surface area (Å²) in [4.78, 5) is -0.258. The van der Waals surface area contributed by atoms with Gasteiger partial charge in [0.15, 0.2) is 0 Å². The number of rotatable bonds is 4. The number of nitrogen functional groups attached to an aromatic ring is 1. The average molecular weight is 373 g/mol. The zero-order chi connectivity index (χ0) is 15.6. The van der Waals surface area contributed by atoms with E-state index in [1.807, 2.05) is 12.1 Å². The van der Waals surface area contributed by atoms with Gasteiger partial charge in [-0.2, -0.15) is 0 Å². The van der Waals surface area contributed by atoms with E-state index in [2.05, 4.69) is 20.7 Å². The van der Waals surface area contributed by atoms with Crippen LogP contribution < -0.4 is 10.5 Å². The van der Waals surface area contributed by atoms with E-state index in [1.54, 1.807) is 19.1 Å². The van der Waals surface area contributed by atoms with Crippen molar-refractivity contribution in [1.82, 2.24) is 4.72 Å². The van der Waals surface area contributed by atoms with Crippen molar-refractivity contribution in [3.05, 3.63) is 58.3 Å². The predicted octanol–water partition coefficient (Wildman–Crippen LogP) is 3.21. The summed E-state index contributed by atoms with van der Waals surface area (Å²) in [7, 11) is -3.90. The summed E-state index contributed by atoms with van der Waals surface area (Å²) in [6.45, 7) is 1.70. The quantitative estimate of drug-likeness (QED) is 0.809. The number of para-hydroxylation sites is 1. The Bertz CT molecular complexity index is 748. The van der Waals surface area contributed by atoms with Crippen LogP contribution >= 0.6 is 15.9 Å². The lowest BCUT2D eigenvalue weighted by atomic mass is 10.1. The van der Waals surface area contributed by atoms with Crippen LogP contribution in [-0.4, -0.2) is 8.42 Å². The number of nitrogens with one attached hydrogen (secondary N) is 1. The maximum absolute atomic E-state index is 13.4. The van der Waals surface area contributed by atoms with Gasteiger partial charge < -0.3 is 5.73 Å². The lowest BCUT2D eigenvalue weighted by Crippen LogP contribution is -2.27. The Hall–Kier alpha value is -1.44. The van der Waals surface area contributed by atoms with Crippen LogP contribution in [0, 0.1) is 5.82 Å². The smallest absolute Gasteiger partial charge is 0.243 e. The van der Waals surface area contributed by atoms with Gasteiger partial charge >= 0.3 is 0 Å². The second-order valence-corrected chi connectivity index (χ2v) is 7.14. The number of sulfonamides is 1. The van der Waals surface area contributed by atoms with E-state index in [1.165, 1.54) is 12.1 Å². The van der Waals surface area contributed by atoms with Gasteiger partial charge in [-0.05, 0) is 36.8 Å². The molecule has 2 rings (SSSR count). The first-order valence-corrected chi connectivity index (χ1v) is 8.40. The highest BCUT2D eigenvalue weighted by molar-refractivity contribution is 9.10. The van der Waals surface area contributed by atoms with Crippen LogP contribution in [0.15, 0.2) is 51.8 Å². The molecule has 0 aliphatic rings. The molecule has 7 heteroatoms. The van der Waals surface area contributed by atoms with Crippen molar-refractivity contribution in [2.75, 3.05) is 5.73 Å². The Kier molecular flexibility index (Phi) is 4.65. The molecule has 0 bridgehead atoms. The molecule has 2 aromatic carbocycles. The second kappa shape index (κ2) is 6.13. The molecular formula is C14H14BrFN2O2S. The first-order chi connectivity index (χ1) is 9.81. The van der Waals surface area contributed by atoms with Crippen LogP contribution in [0.1, 0.15) is 18.5 Å². The highest BCUT2D eigenvalue weighted by Gasteiger charge is 2.22. The van der Waals surface area contributed by atoms with Gasteiger partial charge in [0, 0.05) is 10.5 Å². The topological polar surface area (TPSA) is 72.2 Å². The SMILES string of the molecule is CC(NS(=O)(=O)c1cccc(F)c1N)c1ccc(Br)cc1. The van der Waals surface area contributed by atoms with E-state index >= 15 is 0 Å². The van der Waals surface area contributed by atoms with Gasteiger partial charge in [0.05, 0.1) is 5.69 Å². The standard InChI is InChI=1S/C14H14BrFN2O2S/c1-9(10-5-7-11(15)8-6-10)18-21(19,20)13-4-2-3-12(16)14(13)17/h2-9,18H,17H2,1H3. The fraction of sp³-hybridized carbons (Fsp3) is 0.143. The maximum Gasteiger partial charge on any atom is 0.243 e. The lowest BCUT2D eigenvalue weighted by Gasteiger charge is -2.16. The van der Waals surface area contributed by atoms with Crippen molar-refractivity contribution >= 4 is 31.6 Å². The van der Waals surface area contributed by atoms with Gasteiger partial charge in [0.25, 0.3) is 0 Å². The third-order valence-electron chi connectivity index (χ3n) is 3.00. The molecule has 0 fully saturated rings. The van der Waals surface area contributed by atoms with Crippen molar-refractivity contribution < 1.29 is 12.8 Å². The number of benzene rings is 2. The van der Waals surface area contributed by atoms with Crippen molar-refractivity contribution in [2.45, 2.75) is 17.9 Å². The number of halogens is 2. The Labute approximate surface area is 131 Å². The molecule has 0 aromatic heterocycles. The molecule has 21 heavy (non-hydrogen) atoms. The monoisotopic (exact) mass is 372 g/mol. The summed E-state index contributed by atoms with van der Waals surface area (Å²) in [5.74, 6) is -0.755. The summed E-state index contributed by atoms with van der Waals surface area (Å²) in [5, 5.41) is 0. The number of hydrogen-bond acceptors (Lipinski definition) is 3. The Balaban J connectivity index is 2.29. The van der Waals surface area contributed by atoms with Gasteiger partial charge in [-0.25, -0.2) is 17.5 Å². The summed E-state index contributed by atoms with van der Waals surface area (Å²) in [5.41, 5.74) is 5.91. The molecule has 3 N–H and O–H groups in total. The molecule has 0 aliphatic heterocycles. The third kappa shape index (κ3) is 3.61. The minimum Gasteiger partial charge on any atom is -0.395 e. The van der Waals surface area contributed by atoms with Crippen molar-refractivity contribution in [3.63, 3.8) is 0 Å². The molecule has 1 atom stereocenters. The minimum atomic E-state index is -3.90. The van der Waals surface area contributed by atoms with Crippen LogP contribution in [0.4, 0.5) is 10.1 Å². The highest BCUT2D eigenvalue weighted by atomic mass is 79.9. The van der Waals surface area contributed by atoms with E-state index in [0.717, 1.165) is 16.1 Å². The largest absolute Gasteiger partial charge is 0.395 e. The summed E-state index contributed by atoms with van der Waals surface area (Å²) >= 11 is 3.31. The van der Waals surface area contributed by atoms with E-state index in [4.69, 9.17) is 5.73 Å². The fourth-order valence-electron chi connectivity index (χ4n) is 1.87. The molecule has 0 spiro atoms. The average Bonchev–Trinajstić information content (AvgIpc) is 2.41. The Morgan fingerprint density at radius 2 is 1.81 bits per heavy atom. The molecule has 1 unspecified atom stereocenters. The zero-order valence-electron chi connectivity index (χ0n) is 11.2. The van der Waals surface area contributed by atoms with Crippen molar-refractivity contribution in [1.29, 1.82) is 0 Å². The van der Waals surface area contributed by atoms with Gasteiger partial charge in [-0.3, -0.25) is 0 Å². The van der Waals surface area contributed by atoms with Crippen LogP contribution in [0.2, 0.25) is 0 Å². The number of anilines is 1. The Morgan fingerprint density at radius 1 is 1.19 bits per heavy atom. The second-order valence-electron chi connectivity index (χ2n) is 4.55.